The van der Waals surface area contributed by atoms with Crippen LogP contribution in [0.4, 0.5) is 0 Å². The molecule has 2 atom stereocenters. The van der Waals surface area contributed by atoms with Crippen LogP contribution in [0.15, 0.2) is 60.8 Å². The van der Waals surface area contributed by atoms with E-state index in [0.717, 1.165) is 22.6 Å². The lowest BCUT2D eigenvalue weighted by molar-refractivity contribution is -0.132. The Morgan fingerprint density at radius 1 is 1.15 bits per heavy atom. The molecule has 2 aliphatic heterocycles. The number of fused-ring (bicyclic) bond motifs is 1. The van der Waals surface area contributed by atoms with Crippen LogP contribution in [0.5, 0.6) is 5.75 Å². The standard InChI is InChI=1S/C21H23N3O2/c1-21(13-15-8-5-4-6-9-15)19(25)23(2)20-22-14-18(24(20)21)16-10-7-11-17(12-16)26-3/h4-12,14,20,22H,13H2,1-3H3. The van der Waals surface area contributed by atoms with Crippen molar-refractivity contribution >= 4 is 11.6 Å². The van der Waals surface area contributed by atoms with Gasteiger partial charge in [-0.2, -0.15) is 0 Å². The molecule has 5 nitrogen and oxygen atoms in total. The fourth-order valence-corrected chi connectivity index (χ4v) is 4.00. The van der Waals surface area contributed by atoms with Crippen LogP contribution in [0.25, 0.3) is 5.70 Å². The highest BCUT2D eigenvalue weighted by molar-refractivity contribution is 5.92. The summed E-state index contributed by atoms with van der Waals surface area (Å²) in [4.78, 5) is 17.1. The van der Waals surface area contributed by atoms with E-state index in [1.54, 1.807) is 12.0 Å². The molecule has 2 aromatic carbocycles. The second kappa shape index (κ2) is 6.09. The van der Waals surface area contributed by atoms with Crippen LogP contribution >= 0.6 is 0 Å². The monoisotopic (exact) mass is 349 g/mol. The van der Waals surface area contributed by atoms with Crippen molar-refractivity contribution in [3.05, 3.63) is 71.9 Å². The Balaban J connectivity index is 1.74. The summed E-state index contributed by atoms with van der Waals surface area (Å²) in [6, 6.07) is 18.1. The largest absolute Gasteiger partial charge is 0.497 e. The van der Waals surface area contributed by atoms with E-state index in [0.29, 0.717) is 6.42 Å². The third-order valence-corrected chi connectivity index (χ3v) is 5.31. The van der Waals surface area contributed by atoms with Crippen molar-refractivity contribution in [2.24, 2.45) is 0 Å². The van der Waals surface area contributed by atoms with Gasteiger partial charge in [0.1, 0.15) is 11.3 Å². The van der Waals surface area contributed by atoms with Gasteiger partial charge in [0.05, 0.1) is 12.8 Å². The molecule has 1 fully saturated rings. The minimum atomic E-state index is -0.654. The van der Waals surface area contributed by atoms with E-state index < -0.39 is 5.54 Å². The summed E-state index contributed by atoms with van der Waals surface area (Å²) in [7, 11) is 3.52. The lowest BCUT2D eigenvalue weighted by Crippen LogP contribution is -2.48. The van der Waals surface area contributed by atoms with Gasteiger partial charge in [0.2, 0.25) is 0 Å². The lowest BCUT2D eigenvalue weighted by atomic mass is 9.90. The van der Waals surface area contributed by atoms with Crippen molar-refractivity contribution in [1.29, 1.82) is 0 Å². The maximum atomic E-state index is 13.1. The van der Waals surface area contributed by atoms with Gasteiger partial charge in [-0.25, -0.2) is 0 Å². The van der Waals surface area contributed by atoms with Crippen molar-refractivity contribution < 1.29 is 9.53 Å². The molecular formula is C21H23N3O2. The molecule has 0 aliphatic carbocycles. The van der Waals surface area contributed by atoms with Crippen LogP contribution in [-0.4, -0.2) is 41.7 Å². The average Bonchev–Trinajstić information content (AvgIpc) is 3.19. The van der Waals surface area contributed by atoms with Gasteiger partial charge in [-0.1, -0.05) is 42.5 Å². The first-order chi connectivity index (χ1) is 12.5. The Morgan fingerprint density at radius 2 is 1.92 bits per heavy atom. The number of nitrogens with zero attached hydrogens (tertiary/aromatic N) is 2. The molecule has 1 N–H and O–H groups in total. The predicted octanol–water partition coefficient (Wildman–Crippen LogP) is 2.66. The van der Waals surface area contributed by atoms with Crippen LogP contribution in [0.2, 0.25) is 0 Å². The van der Waals surface area contributed by atoms with Gasteiger partial charge in [0, 0.05) is 25.2 Å². The number of hydrogen-bond donors (Lipinski definition) is 1. The predicted molar refractivity (Wildman–Crippen MR) is 101 cm³/mol. The third kappa shape index (κ3) is 2.43. The number of likely N-dealkylation sites (N-methyl/N-ethyl adjacent to an activating group) is 1. The molecule has 1 saturated heterocycles. The second-order valence-electron chi connectivity index (χ2n) is 7.02. The number of ether oxygens (including phenoxy) is 1. The van der Waals surface area contributed by atoms with E-state index >= 15 is 0 Å². The van der Waals surface area contributed by atoms with Crippen LogP contribution in [-0.2, 0) is 11.2 Å². The molecule has 0 radical (unpaired) electrons. The molecule has 2 unspecified atom stereocenters. The van der Waals surface area contributed by atoms with Gasteiger partial charge < -0.3 is 19.9 Å². The van der Waals surface area contributed by atoms with E-state index in [1.807, 2.05) is 62.6 Å². The smallest absolute Gasteiger partial charge is 0.251 e. The van der Waals surface area contributed by atoms with E-state index in [4.69, 9.17) is 4.74 Å². The van der Waals surface area contributed by atoms with Crippen molar-refractivity contribution in [3.8, 4) is 5.75 Å². The summed E-state index contributed by atoms with van der Waals surface area (Å²) in [6.45, 7) is 2.03. The number of rotatable bonds is 4. The summed E-state index contributed by atoms with van der Waals surface area (Å²) in [5.74, 6) is 0.919. The Bertz CT molecular complexity index is 865. The molecule has 0 bridgehead atoms. The number of benzene rings is 2. The number of amides is 1. The van der Waals surface area contributed by atoms with Crippen molar-refractivity contribution in [1.82, 2.24) is 15.1 Å². The molecule has 134 valence electrons. The normalized spacial score (nSPS) is 24.3. The zero-order valence-electron chi connectivity index (χ0n) is 15.3. The first kappa shape index (κ1) is 16.5. The quantitative estimate of drug-likeness (QED) is 0.922. The summed E-state index contributed by atoms with van der Waals surface area (Å²) in [5, 5.41) is 3.35. The van der Waals surface area contributed by atoms with E-state index in [9.17, 15) is 4.79 Å². The van der Waals surface area contributed by atoms with Crippen LogP contribution in [0.3, 0.4) is 0 Å². The Labute approximate surface area is 153 Å². The summed E-state index contributed by atoms with van der Waals surface area (Å²) in [5.41, 5.74) is 2.53. The van der Waals surface area contributed by atoms with Crippen LogP contribution in [0, 0.1) is 0 Å². The molecule has 0 spiro atoms. The van der Waals surface area contributed by atoms with Gasteiger partial charge >= 0.3 is 0 Å². The molecule has 26 heavy (non-hydrogen) atoms. The summed E-state index contributed by atoms with van der Waals surface area (Å²) in [6.07, 6.45) is 2.47. The number of nitrogens with one attached hydrogen (secondary N) is 1. The van der Waals surface area contributed by atoms with E-state index in [1.165, 1.54) is 0 Å². The zero-order valence-corrected chi connectivity index (χ0v) is 15.3. The first-order valence-electron chi connectivity index (χ1n) is 8.76. The van der Waals surface area contributed by atoms with E-state index in [-0.39, 0.29) is 12.2 Å². The molecule has 5 heteroatoms. The Morgan fingerprint density at radius 3 is 2.65 bits per heavy atom. The zero-order chi connectivity index (χ0) is 18.3. The maximum absolute atomic E-state index is 13.1. The Kier molecular flexibility index (Phi) is 3.87. The highest BCUT2D eigenvalue weighted by Gasteiger charge is 2.55. The molecule has 0 aromatic heterocycles. The number of hydrogen-bond acceptors (Lipinski definition) is 4. The SMILES string of the molecule is COc1cccc(C2=CNC3N(C)C(=O)C(C)(Cc4ccccc4)N23)c1. The molecule has 2 heterocycles. The first-order valence-corrected chi connectivity index (χ1v) is 8.76. The fourth-order valence-electron chi connectivity index (χ4n) is 4.00. The third-order valence-electron chi connectivity index (χ3n) is 5.31. The molecule has 1 amide bonds. The van der Waals surface area contributed by atoms with Gasteiger partial charge in [0.25, 0.3) is 5.91 Å². The molecular weight excluding hydrogens is 326 g/mol. The second-order valence-corrected chi connectivity index (χ2v) is 7.02. The molecule has 4 rings (SSSR count). The molecule has 0 saturated carbocycles. The number of carbonyl (C=O) groups excluding carboxylic acids is 1. The lowest BCUT2D eigenvalue weighted by Gasteiger charge is -2.35. The topological polar surface area (TPSA) is 44.8 Å². The van der Waals surface area contributed by atoms with E-state index in [2.05, 4.69) is 22.3 Å². The number of methoxy groups -OCH3 is 1. The molecule has 2 aromatic rings. The minimum absolute atomic E-state index is 0.118. The van der Waals surface area contributed by atoms with Gasteiger partial charge in [0.15, 0.2) is 6.29 Å². The highest BCUT2D eigenvalue weighted by Crippen LogP contribution is 2.41. The van der Waals surface area contributed by atoms with Crippen LogP contribution < -0.4 is 10.1 Å². The van der Waals surface area contributed by atoms with Crippen molar-refractivity contribution in [2.75, 3.05) is 14.2 Å². The highest BCUT2D eigenvalue weighted by atomic mass is 16.5. The molecule has 2 aliphatic rings. The minimum Gasteiger partial charge on any atom is -0.497 e. The summed E-state index contributed by atoms with van der Waals surface area (Å²) < 4.78 is 5.37. The van der Waals surface area contributed by atoms with Crippen molar-refractivity contribution in [3.63, 3.8) is 0 Å². The summed E-state index contributed by atoms with van der Waals surface area (Å²) >= 11 is 0. The van der Waals surface area contributed by atoms with Crippen molar-refractivity contribution in [2.45, 2.75) is 25.2 Å². The number of carbonyl (C=O) groups is 1. The maximum Gasteiger partial charge on any atom is 0.251 e. The van der Waals surface area contributed by atoms with Gasteiger partial charge in [-0.15, -0.1) is 0 Å². The Hall–Kier alpha value is -2.95. The average molecular weight is 349 g/mol. The van der Waals surface area contributed by atoms with Gasteiger partial charge in [-0.05, 0) is 24.6 Å². The van der Waals surface area contributed by atoms with Gasteiger partial charge in [-0.3, -0.25) is 4.79 Å². The van der Waals surface area contributed by atoms with Crippen LogP contribution in [0.1, 0.15) is 18.1 Å². The fraction of sp³-hybridized carbons (Fsp3) is 0.286.